The van der Waals surface area contributed by atoms with Crippen LogP contribution in [0.15, 0.2) is 54.6 Å². The Hall–Kier alpha value is -2.18. The van der Waals surface area contributed by atoms with Crippen molar-refractivity contribution < 1.29 is 13.5 Å². The van der Waals surface area contributed by atoms with E-state index in [0.29, 0.717) is 6.04 Å². The Morgan fingerprint density at radius 2 is 1.88 bits per heavy atom. The normalized spacial score (nSPS) is 18.0. The third-order valence-corrected chi connectivity index (χ3v) is 4.49. The second-order valence-corrected chi connectivity index (χ2v) is 6.49. The molecule has 1 aliphatic heterocycles. The first-order chi connectivity index (χ1) is 12.7. The molecule has 140 valence electrons. The molecule has 0 spiro atoms. The molecule has 0 bridgehead atoms. The number of alkyl halides is 2. The van der Waals surface area contributed by atoms with Crippen LogP contribution in [0.2, 0.25) is 0 Å². The second kappa shape index (κ2) is 9.50. The average Bonchev–Trinajstić information content (AvgIpc) is 2.64. The van der Waals surface area contributed by atoms with E-state index in [1.54, 1.807) is 24.3 Å². The lowest BCUT2D eigenvalue weighted by atomic mass is 10.1. The van der Waals surface area contributed by atoms with Crippen molar-refractivity contribution in [1.29, 1.82) is 0 Å². The van der Waals surface area contributed by atoms with E-state index in [-0.39, 0.29) is 5.75 Å². The monoisotopic (exact) mass is 361 g/mol. The Morgan fingerprint density at radius 3 is 2.62 bits per heavy atom. The summed E-state index contributed by atoms with van der Waals surface area (Å²) in [6.45, 7) is 2.11. The van der Waals surface area contributed by atoms with E-state index < -0.39 is 6.61 Å². The summed E-state index contributed by atoms with van der Waals surface area (Å²) in [5, 5.41) is 6.90. The predicted octanol–water partition coefficient (Wildman–Crippen LogP) is 3.56. The number of anilines is 1. The molecule has 3 rings (SSSR count). The molecule has 0 saturated carbocycles. The van der Waals surface area contributed by atoms with E-state index in [1.807, 2.05) is 6.07 Å². The molecule has 1 atom stereocenters. The van der Waals surface area contributed by atoms with Gasteiger partial charge in [0.05, 0.1) is 0 Å². The maximum atomic E-state index is 12.2. The van der Waals surface area contributed by atoms with Crippen LogP contribution < -0.4 is 15.4 Å². The number of hydrogen-bond acceptors (Lipinski definition) is 4. The summed E-state index contributed by atoms with van der Waals surface area (Å²) in [4.78, 5) is 2.48. The van der Waals surface area contributed by atoms with Crippen molar-refractivity contribution in [2.75, 3.05) is 31.5 Å². The van der Waals surface area contributed by atoms with Gasteiger partial charge in [0.1, 0.15) is 5.75 Å². The van der Waals surface area contributed by atoms with Gasteiger partial charge in [-0.15, -0.1) is 0 Å². The Kier molecular flexibility index (Phi) is 6.80. The minimum Gasteiger partial charge on any atom is -0.435 e. The van der Waals surface area contributed by atoms with E-state index in [9.17, 15) is 8.78 Å². The van der Waals surface area contributed by atoms with Gasteiger partial charge in [-0.3, -0.25) is 4.90 Å². The Morgan fingerprint density at radius 1 is 1.12 bits per heavy atom. The van der Waals surface area contributed by atoms with Gasteiger partial charge in [-0.1, -0.05) is 30.3 Å². The Labute approximate surface area is 153 Å². The van der Waals surface area contributed by atoms with Gasteiger partial charge in [-0.2, -0.15) is 8.78 Å². The quantitative estimate of drug-likeness (QED) is 0.754. The Bertz CT molecular complexity index is 652. The van der Waals surface area contributed by atoms with E-state index in [0.717, 1.165) is 44.8 Å². The fraction of sp³-hybridized carbons (Fsp3) is 0.400. The molecule has 1 heterocycles. The molecule has 0 radical (unpaired) electrons. The standard InChI is InChI=1S/C20H25F2N3O/c21-20(22)26-19-8-6-17(7-9-19)23-11-10-18-15-25(13-12-24-18)14-16-4-2-1-3-5-16/h1-9,18,20,23-24H,10-15H2/t18-/m1/s1. The number of ether oxygens (including phenoxy) is 1. The Balaban J connectivity index is 1.40. The van der Waals surface area contributed by atoms with Crippen LogP contribution in [0.4, 0.5) is 14.5 Å². The largest absolute Gasteiger partial charge is 0.435 e. The zero-order valence-corrected chi connectivity index (χ0v) is 14.7. The SMILES string of the molecule is FC(F)Oc1ccc(NCC[C@@H]2CN(Cc3ccccc3)CCN2)cc1. The van der Waals surface area contributed by atoms with Gasteiger partial charge < -0.3 is 15.4 Å². The van der Waals surface area contributed by atoms with Crippen molar-refractivity contribution in [2.45, 2.75) is 25.6 Å². The van der Waals surface area contributed by atoms with Crippen molar-refractivity contribution in [3.63, 3.8) is 0 Å². The molecule has 1 saturated heterocycles. The average molecular weight is 361 g/mol. The molecular weight excluding hydrogens is 336 g/mol. The van der Waals surface area contributed by atoms with Gasteiger partial charge in [0.2, 0.25) is 0 Å². The van der Waals surface area contributed by atoms with Crippen molar-refractivity contribution in [1.82, 2.24) is 10.2 Å². The third-order valence-electron chi connectivity index (χ3n) is 4.49. The van der Waals surface area contributed by atoms with E-state index in [4.69, 9.17) is 0 Å². The molecule has 2 aromatic carbocycles. The first-order valence-corrected chi connectivity index (χ1v) is 8.97. The number of piperazine rings is 1. The maximum Gasteiger partial charge on any atom is 0.387 e. The number of rotatable bonds is 8. The lowest BCUT2D eigenvalue weighted by Gasteiger charge is -2.34. The fourth-order valence-electron chi connectivity index (χ4n) is 3.22. The van der Waals surface area contributed by atoms with Crippen LogP contribution in [0.3, 0.4) is 0 Å². The molecule has 0 amide bonds. The van der Waals surface area contributed by atoms with Gasteiger partial charge >= 0.3 is 6.61 Å². The van der Waals surface area contributed by atoms with Crippen LogP contribution in [0, 0.1) is 0 Å². The number of hydrogen-bond donors (Lipinski definition) is 2. The molecule has 1 aliphatic rings. The summed E-state index contributed by atoms with van der Waals surface area (Å²) in [6.07, 6.45) is 1.00. The molecule has 0 aliphatic carbocycles. The van der Waals surface area contributed by atoms with Crippen LogP contribution in [-0.2, 0) is 6.54 Å². The first kappa shape index (κ1) is 18.6. The van der Waals surface area contributed by atoms with Crippen molar-refractivity contribution in [2.24, 2.45) is 0 Å². The summed E-state index contributed by atoms with van der Waals surface area (Å²) in [6, 6.07) is 17.6. The first-order valence-electron chi connectivity index (χ1n) is 8.97. The van der Waals surface area contributed by atoms with E-state index in [2.05, 4.69) is 44.5 Å². The summed E-state index contributed by atoms with van der Waals surface area (Å²) in [7, 11) is 0. The lowest BCUT2D eigenvalue weighted by molar-refractivity contribution is -0.0498. The van der Waals surface area contributed by atoms with Gasteiger partial charge in [-0.25, -0.2) is 0 Å². The maximum absolute atomic E-state index is 12.2. The lowest BCUT2D eigenvalue weighted by Crippen LogP contribution is -2.50. The van der Waals surface area contributed by atoms with Crippen LogP contribution in [0.1, 0.15) is 12.0 Å². The summed E-state index contributed by atoms with van der Waals surface area (Å²) < 4.78 is 28.7. The smallest absolute Gasteiger partial charge is 0.387 e. The predicted molar refractivity (Wildman–Crippen MR) is 99.7 cm³/mol. The third kappa shape index (κ3) is 5.97. The van der Waals surface area contributed by atoms with Gasteiger partial charge in [-0.05, 0) is 36.2 Å². The van der Waals surface area contributed by atoms with Crippen molar-refractivity contribution in [3.05, 3.63) is 60.2 Å². The topological polar surface area (TPSA) is 36.5 Å². The number of nitrogens with one attached hydrogen (secondary N) is 2. The van der Waals surface area contributed by atoms with Gasteiger partial charge in [0.25, 0.3) is 0 Å². The molecule has 4 nitrogen and oxygen atoms in total. The van der Waals surface area contributed by atoms with Gasteiger partial charge in [0.15, 0.2) is 0 Å². The number of halogens is 2. The summed E-state index contributed by atoms with van der Waals surface area (Å²) >= 11 is 0. The van der Waals surface area contributed by atoms with E-state index in [1.165, 1.54) is 5.56 Å². The highest BCUT2D eigenvalue weighted by Crippen LogP contribution is 2.18. The van der Waals surface area contributed by atoms with Gasteiger partial charge in [0, 0.05) is 44.5 Å². The molecule has 6 heteroatoms. The molecule has 1 fully saturated rings. The highest BCUT2D eigenvalue weighted by Gasteiger charge is 2.18. The molecule has 2 aromatic rings. The molecule has 26 heavy (non-hydrogen) atoms. The van der Waals surface area contributed by atoms with Crippen LogP contribution in [0.5, 0.6) is 5.75 Å². The highest BCUT2D eigenvalue weighted by atomic mass is 19.3. The molecular formula is C20H25F2N3O. The summed E-state index contributed by atoms with van der Waals surface area (Å²) in [5.41, 5.74) is 2.25. The zero-order chi connectivity index (χ0) is 18.2. The minimum absolute atomic E-state index is 0.177. The zero-order valence-electron chi connectivity index (χ0n) is 14.7. The number of benzene rings is 2. The fourth-order valence-corrected chi connectivity index (χ4v) is 3.22. The van der Waals surface area contributed by atoms with Crippen molar-refractivity contribution in [3.8, 4) is 5.75 Å². The minimum atomic E-state index is -2.79. The molecule has 0 unspecified atom stereocenters. The van der Waals surface area contributed by atoms with Crippen LogP contribution in [-0.4, -0.2) is 43.7 Å². The highest BCUT2D eigenvalue weighted by molar-refractivity contribution is 5.46. The van der Waals surface area contributed by atoms with Crippen LogP contribution >= 0.6 is 0 Å². The summed E-state index contributed by atoms with van der Waals surface area (Å²) in [5.74, 6) is 0.177. The second-order valence-electron chi connectivity index (χ2n) is 6.49. The molecule has 0 aromatic heterocycles. The number of nitrogens with zero attached hydrogens (tertiary/aromatic N) is 1. The molecule has 2 N–H and O–H groups in total. The van der Waals surface area contributed by atoms with Crippen LogP contribution in [0.25, 0.3) is 0 Å². The van der Waals surface area contributed by atoms with E-state index >= 15 is 0 Å². The van der Waals surface area contributed by atoms with Crippen molar-refractivity contribution >= 4 is 5.69 Å².